The van der Waals surface area contributed by atoms with E-state index in [4.69, 9.17) is 15.6 Å². The summed E-state index contributed by atoms with van der Waals surface area (Å²) in [7, 11) is 1.34. The molecular formula is C11H10N4O4. The molecule has 4 N–H and O–H groups in total. The Morgan fingerprint density at radius 1 is 1.37 bits per heavy atom. The largest absolute Gasteiger partial charge is 0.496 e. The highest BCUT2D eigenvalue weighted by Crippen LogP contribution is 2.32. The molecule has 98 valence electrons. The van der Waals surface area contributed by atoms with Gasteiger partial charge in [0.05, 0.1) is 18.3 Å². The lowest BCUT2D eigenvalue weighted by molar-refractivity contribution is 0.0998. The Hall–Kier alpha value is -2.90. The molecule has 0 saturated carbocycles. The lowest BCUT2D eigenvalue weighted by atomic mass is 10.1. The standard InChI is InChI=1S/C11H10N4O4/c1-19-6-4-5-8(14-3-2-13-5)9(15-11(17)18)7(6)10(12)16/h2-4,15H,1H3,(H2,12,16)(H,17,18). The molecule has 0 radical (unpaired) electrons. The third-order valence-electron chi connectivity index (χ3n) is 2.43. The van der Waals surface area contributed by atoms with Gasteiger partial charge < -0.3 is 15.6 Å². The van der Waals surface area contributed by atoms with E-state index in [0.717, 1.165) is 0 Å². The van der Waals surface area contributed by atoms with Gasteiger partial charge in [-0.3, -0.25) is 20.1 Å². The monoisotopic (exact) mass is 262 g/mol. The van der Waals surface area contributed by atoms with Crippen LogP contribution in [-0.4, -0.2) is 34.2 Å². The van der Waals surface area contributed by atoms with Crippen molar-refractivity contribution in [2.45, 2.75) is 0 Å². The molecule has 0 aliphatic heterocycles. The summed E-state index contributed by atoms with van der Waals surface area (Å²) >= 11 is 0. The van der Waals surface area contributed by atoms with Gasteiger partial charge in [-0.05, 0) is 0 Å². The van der Waals surface area contributed by atoms with Crippen LogP contribution in [0.1, 0.15) is 10.4 Å². The molecule has 0 fully saturated rings. The van der Waals surface area contributed by atoms with E-state index in [1.807, 2.05) is 0 Å². The van der Waals surface area contributed by atoms with Crippen LogP contribution in [-0.2, 0) is 0 Å². The highest BCUT2D eigenvalue weighted by molar-refractivity contribution is 6.11. The maximum Gasteiger partial charge on any atom is 0.409 e. The molecule has 1 aromatic carbocycles. The number of benzene rings is 1. The number of primary amides is 1. The highest BCUT2D eigenvalue weighted by Gasteiger charge is 2.21. The van der Waals surface area contributed by atoms with E-state index in [-0.39, 0.29) is 22.5 Å². The summed E-state index contributed by atoms with van der Waals surface area (Å²) in [5.41, 5.74) is 5.74. The van der Waals surface area contributed by atoms with Crippen LogP contribution in [0.15, 0.2) is 18.5 Å². The number of fused-ring (bicyclic) bond motifs is 1. The number of anilines is 1. The van der Waals surface area contributed by atoms with Crippen LogP contribution in [0, 0.1) is 0 Å². The van der Waals surface area contributed by atoms with E-state index >= 15 is 0 Å². The quantitative estimate of drug-likeness (QED) is 0.751. The molecule has 2 rings (SSSR count). The van der Waals surface area contributed by atoms with E-state index in [1.54, 1.807) is 0 Å². The molecule has 0 atom stereocenters. The lowest BCUT2D eigenvalue weighted by Crippen LogP contribution is -2.18. The summed E-state index contributed by atoms with van der Waals surface area (Å²) in [6.07, 6.45) is 1.48. The predicted molar refractivity (Wildman–Crippen MR) is 66.3 cm³/mol. The normalized spacial score (nSPS) is 10.2. The van der Waals surface area contributed by atoms with Gasteiger partial charge in [0.25, 0.3) is 5.91 Å². The number of amides is 2. The fourth-order valence-electron chi connectivity index (χ4n) is 1.72. The van der Waals surface area contributed by atoms with Crippen LogP contribution >= 0.6 is 0 Å². The first-order valence-electron chi connectivity index (χ1n) is 5.16. The number of nitrogens with two attached hydrogens (primary N) is 1. The minimum atomic E-state index is -1.34. The van der Waals surface area contributed by atoms with Crippen molar-refractivity contribution < 1.29 is 19.4 Å². The average molecular weight is 262 g/mol. The van der Waals surface area contributed by atoms with Gasteiger partial charge in [0.2, 0.25) is 0 Å². The summed E-state index contributed by atoms with van der Waals surface area (Å²) in [6, 6.07) is 1.47. The summed E-state index contributed by atoms with van der Waals surface area (Å²) in [6.45, 7) is 0. The fraction of sp³-hybridized carbons (Fsp3) is 0.0909. The van der Waals surface area contributed by atoms with E-state index in [2.05, 4.69) is 15.3 Å². The Labute approximate surface area is 107 Å². The molecule has 1 aromatic heterocycles. The minimum absolute atomic E-state index is 0.0394. The maximum atomic E-state index is 11.5. The Balaban J connectivity index is 2.85. The molecule has 0 aliphatic carbocycles. The number of hydrogen-bond acceptors (Lipinski definition) is 5. The van der Waals surface area contributed by atoms with Crippen LogP contribution in [0.25, 0.3) is 11.0 Å². The first-order valence-corrected chi connectivity index (χ1v) is 5.16. The first kappa shape index (κ1) is 12.6. The van der Waals surface area contributed by atoms with Crippen molar-refractivity contribution in [2.75, 3.05) is 12.4 Å². The maximum absolute atomic E-state index is 11.5. The Morgan fingerprint density at radius 3 is 2.63 bits per heavy atom. The second-order valence-corrected chi connectivity index (χ2v) is 3.55. The number of nitrogens with one attached hydrogen (secondary N) is 1. The molecule has 1 heterocycles. The molecule has 8 nitrogen and oxygen atoms in total. The molecule has 2 aromatic rings. The van der Waals surface area contributed by atoms with Crippen molar-refractivity contribution >= 4 is 28.7 Å². The van der Waals surface area contributed by atoms with E-state index in [0.29, 0.717) is 5.52 Å². The van der Waals surface area contributed by atoms with Gasteiger partial charge in [0.1, 0.15) is 16.8 Å². The SMILES string of the molecule is COc1cc2nccnc2c(NC(=O)O)c1C(N)=O. The predicted octanol–water partition coefficient (Wildman–Crippen LogP) is 0.827. The molecule has 0 saturated heterocycles. The number of methoxy groups -OCH3 is 1. The molecular weight excluding hydrogens is 252 g/mol. The van der Waals surface area contributed by atoms with Crippen molar-refractivity contribution in [1.82, 2.24) is 9.97 Å². The Morgan fingerprint density at radius 2 is 2.05 bits per heavy atom. The average Bonchev–Trinajstić information content (AvgIpc) is 2.37. The fourth-order valence-corrected chi connectivity index (χ4v) is 1.72. The number of ether oxygens (including phenoxy) is 1. The second-order valence-electron chi connectivity index (χ2n) is 3.55. The molecule has 0 spiro atoms. The third-order valence-corrected chi connectivity index (χ3v) is 2.43. The van der Waals surface area contributed by atoms with Gasteiger partial charge in [-0.25, -0.2) is 4.79 Å². The van der Waals surface area contributed by atoms with Crippen LogP contribution < -0.4 is 15.8 Å². The highest BCUT2D eigenvalue weighted by atomic mass is 16.5. The molecule has 8 heteroatoms. The number of nitrogens with zero attached hydrogens (tertiary/aromatic N) is 2. The van der Waals surface area contributed by atoms with Gasteiger partial charge in [0.15, 0.2) is 0 Å². The molecule has 0 unspecified atom stereocenters. The summed E-state index contributed by atoms with van der Waals surface area (Å²) < 4.78 is 5.04. The molecule has 0 bridgehead atoms. The number of carbonyl (C=O) groups excluding carboxylic acids is 1. The van der Waals surface area contributed by atoms with Crippen LogP contribution in [0.2, 0.25) is 0 Å². The van der Waals surface area contributed by atoms with Crippen molar-refractivity contribution in [2.24, 2.45) is 5.73 Å². The first-order chi connectivity index (χ1) is 9.04. The van der Waals surface area contributed by atoms with Gasteiger partial charge in [-0.1, -0.05) is 0 Å². The Kier molecular flexibility index (Phi) is 3.15. The summed E-state index contributed by atoms with van der Waals surface area (Å²) in [5.74, 6) is -0.697. The number of carboxylic acid groups (broad SMARTS) is 1. The lowest BCUT2D eigenvalue weighted by Gasteiger charge is -2.13. The summed E-state index contributed by atoms with van der Waals surface area (Å²) in [5, 5.41) is 10.9. The van der Waals surface area contributed by atoms with E-state index in [1.165, 1.54) is 25.6 Å². The molecule has 2 amide bonds. The van der Waals surface area contributed by atoms with Gasteiger partial charge >= 0.3 is 6.09 Å². The minimum Gasteiger partial charge on any atom is -0.496 e. The van der Waals surface area contributed by atoms with E-state index in [9.17, 15) is 9.59 Å². The Bertz CT molecular complexity index is 671. The van der Waals surface area contributed by atoms with Gasteiger partial charge in [-0.2, -0.15) is 0 Å². The van der Waals surface area contributed by atoms with Crippen LogP contribution in [0.3, 0.4) is 0 Å². The number of rotatable bonds is 3. The number of carbonyl (C=O) groups is 2. The smallest absolute Gasteiger partial charge is 0.409 e. The molecule has 19 heavy (non-hydrogen) atoms. The zero-order valence-electron chi connectivity index (χ0n) is 9.88. The zero-order valence-corrected chi connectivity index (χ0v) is 9.88. The van der Waals surface area contributed by atoms with Crippen molar-refractivity contribution in [1.29, 1.82) is 0 Å². The van der Waals surface area contributed by atoms with Crippen molar-refractivity contribution in [3.63, 3.8) is 0 Å². The second kappa shape index (κ2) is 4.77. The summed E-state index contributed by atoms with van der Waals surface area (Å²) in [4.78, 5) is 30.4. The zero-order chi connectivity index (χ0) is 14.0. The van der Waals surface area contributed by atoms with Gasteiger partial charge in [-0.15, -0.1) is 0 Å². The van der Waals surface area contributed by atoms with Crippen LogP contribution in [0.4, 0.5) is 10.5 Å². The number of hydrogen-bond donors (Lipinski definition) is 3. The topological polar surface area (TPSA) is 127 Å². The van der Waals surface area contributed by atoms with E-state index < -0.39 is 12.0 Å². The van der Waals surface area contributed by atoms with Gasteiger partial charge in [0, 0.05) is 18.5 Å². The third kappa shape index (κ3) is 2.23. The molecule has 0 aliphatic rings. The number of aromatic nitrogens is 2. The van der Waals surface area contributed by atoms with Crippen molar-refractivity contribution in [3.05, 3.63) is 24.0 Å². The van der Waals surface area contributed by atoms with Crippen molar-refractivity contribution in [3.8, 4) is 5.75 Å². The van der Waals surface area contributed by atoms with Crippen LogP contribution in [0.5, 0.6) is 5.75 Å².